The quantitative estimate of drug-likeness (QED) is 0.617. The van der Waals surface area contributed by atoms with Gasteiger partial charge in [0.1, 0.15) is 12.4 Å². The number of benzene rings is 2. The minimum atomic E-state index is -0.446. The second kappa shape index (κ2) is 5.91. The van der Waals surface area contributed by atoms with Crippen LogP contribution in [0.1, 0.15) is 5.56 Å². The molecule has 0 bridgehead atoms. The van der Waals surface area contributed by atoms with Crippen LogP contribution >= 0.6 is 23.2 Å². The van der Waals surface area contributed by atoms with E-state index in [-0.39, 0.29) is 12.3 Å². The van der Waals surface area contributed by atoms with Gasteiger partial charge in [-0.3, -0.25) is 10.1 Å². The Kier molecular flexibility index (Phi) is 4.24. The summed E-state index contributed by atoms with van der Waals surface area (Å²) in [6, 6.07) is 11.1. The average molecular weight is 298 g/mol. The van der Waals surface area contributed by atoms with E-state index in [1.807, 2.05) is 0 Å². The van der Waals surface area contributed by atoms with E-state index >= 15 is 0 Å². The summed E-state index contributed by atoms with van der Waals surface area (Å²) in [6.45, 7) is 0.197. The molecular formula is C13H9Cl2NO3. The molecule has 0 heterocycles. The highest BCUT2D eigenvalue weighted by atomic mass is 35.5. The highest BCUT2D eigenvalue weighted by molar-refractivity contribution is 6.35. The van der Waals surface area contributed by atoms with Gasteiger partial charge < -0.3 is 4.74 Å². The molecule has 0 radical (unpaired) electrons. The summed E-state index contributed by atoms with van der Waals surface area (Å²) in [5, 5.41) is 11.6. The Balaban J connectivity index is 2.10. The van der Waals surface area contributed by atoms with Crippen LogP contribution in [0.15, 0.2) is 42.5 Å². The van der Waals surface area contributed by atoms with Crippen LogP contribution in [-0.4, -0.2) is 4.92 Å². The molecular weight excluding hydrogens is 289 g/mol. The summed E-state index contributed by atoms with van der Waals surface area (Å²) in [7, 11) is 0. The summed E-state index contributed by atoms with van der Waals surface area (Å²) in [5.41, 5.74) is 0.725. The second-order valence-electron chi connectivity index (χ2n) is 3.79. The fourth-order valence-electron chi connectivity index (χ4n) is 1.51. The number of rotatable bonds is 4. The van der Waals surface area contributed by atoms with Gasteiger partial charge in [-0.05, 0) is 23.8 Å². The van der Waals surface area contributed by atoms with E-state index in [0.717, 1.165) is 0 Å². The third-order valence-electron chi connectivity index (χ3n) is 2.41. The summed E-state index contributed by atoms with van der Waals surface area (Å²) >= 11 is 11.7. The maximum atomic E-state index is 10.6. The van der Waals surface area contributed by atoms with Crippen LogP contribution in [0.3, 0.4) is 0 Å². The fourth-order valence-corrected chi connectivity index (χ4v) is 1.98. The number of hydrogen-bond acceptors (Lipinski definition) is 3. The average Bonchev–Trinajstić information content (AvgIpc) is 2.38. The standard InChI is InChI=1S/C13H9Cl2NO3/c14-10-4-5-13(12(15)7-10)19-8-9-2-1-3-11(6-9)16(17)18/h1-7H,8H2. The Morgan fingerprint density at radius 1 is 1.16 bits per heavy atom. The van der Waals surface area contributed by atoms with Crippen molar-refractivity contribution >= 4 is 28.9 Å². The van der Waals surface area contributed by atoms with Crippen LogP contribution in [0, 0.1) is 10.1 Å². The van der Waals surface area contributed by atoms with Crippen molar-refractivity contribution in [3.8, 4) is 5.75 Å². The minimum Gasteiger partial charge on any atom is -0.487 e. The van der Waals surface area contributed by atoms with Gasteiger partial charge >= 0.3 is 0 Å². The van der Waals surface area contributed by atoms with Crippen molar-refractivity contribution in [1.29, 1.82) is 0 Å². The van der Waals surface area contributed by atoms with Crippen molar-refractivity contribution in [2.24, 2.45) is 0 Å². The smallest absolute Gasteiger partial charge is 0.269 e. The molecule has 0 aliphatic rings. The maximum absolute atomic E-state index is 10.6. The highest BCUT2D eigenvalue weighted by Gasteiger charge is 2.07. The molecule has 6 heteroatoms. The van der Waals surface area contributed by atoms with Gasteiger partial charge in [0.2, 0.25) is 0 Å². The van der Waals surface area contributed by atoms with Crippen molar-refractivity contribution in [3.63, 3.8) is 0 Å². The molecule has 0 saturated carbocycles. The molecule has 0 fully saturated rings. The number of hydrogen-bond donors (Lipinski definition) is 0. The van der Waals surface area contributed by atoms with Crippen LogP contribution in [0.2, 0.25) is 10.0 Å². The van der Waals surface area contributed by atoms with Gasteiger partial charge in [0.15, 0.2) is 0 Å². The summed E-state index contributed by atoms with van der Waals surface area (Å²) < 4.78 is 5.50. The lowest BCUT2D eigenvalue weighted by atomic mass is 10.2. The molecule has 0 aliphatic carbocycles. The van der Waals surface area contributed by atoms with E-state index in [2.05, 4.69) is 0 Å². The summed E-state index contributed by atoms with van der Waals surface area (Å²) in [4.78, 5) is 10.2. The van der Waals surface area contributed by atoms with Crippen LogP contribution < -0.4 is 4.74 Å². The van der Waals surface area contributed by atoms with Gasteiger partial charge in [0.05, 0.1) is 9.95 Å². The third kappa shape index (κ3) is 3.59. The number of nitro groups is 1. The normalized spacial score (nSPS) is 10.2. The fraction of sp³-hybridized carbons (Fsp3) is 0.0769. The number of halogens is 2. The third-order valence-corrected chi connectivity index (χ3v) is 2.94. The van der Waals surface area contributed by atoms with Crippen LogP contribution in [0.25, 0.3) is 0 Å². The number of nitro benzene ring substituents is 1. The van der Waals surface area contributed by atoms with Crippen LogP contribution in [-0.2, 0) is 6.61 Å². The Bertz CT molecular complexity index is 617. The van der Waals surface area contributed by atoms with Gasteiger partial charge in [-0.1, -0.05) is 35.3 Å². The second-order valence-corrected chi connectivity index (χ2v) is 4.63. The first-order valence-corrected chi connectivity index (χ1v) is 6.13. The molecule has 2 rings (SSSR count). The first kappa shape index (κ1) is 13.6. The first-order chi connectivity index (χ1) is 9.06. The molecule has 98 valence electrons. The predicted molar refractivity (Wildman–Crippen MR) is 73.9 cm³/mol. The summed E-state index contributed by atoms with van der Waals surface area (Å²) in [5.74, 6) is 0.484. The Morgan fingerprint density at radius 2 is 1.95 bits per heavy atom. The van der Waals surface area contributed by atoms with Gasteiger partial charge in [-0.25, -0.2) is 0 Å². The molecule has 2 aromatic rings. The Hall–Kier alpha value is -1.78. The molecule has 0 atom stereocenters. The van der Waals surface area contributed by atoms with E-state index in [4.69, 9.17) is 27.9 Å². The summed E-state index contributed by atoms with van der Waals surface area (Å²) in [6.07, 6.45) is 0. The van der Waals surface area contributed by atoms with E-state index in [1.54, 1.807) is 30.3 Å². The molecule has 0 unspecified atom stereocenters. The monoisotopic (exact) mass is 297 g/mol. The molecule has 0 aliphatic heterocycles. The van der Waals surface area contributed by atoms with Crippen molar-refractivity contribution in [3.05, 3.63) is 68.2 Å². The largest absolute Gasteiger partial charge is 0.487 e. The molecule has 0 amide bonds. The Morgan fingerprint density at radius 3 is 2.63 bits per heavy atom. The zero-order chi connectivity index (χ0) is 13.8. The molecule has 0 saturated heterocycles. The van der Waals surface area contributed by atoms with Crippen molar-refractivity contribution < 1.29 is 9.66 Å². The van der Waals surface area contributed by atoms with Gasteiger partial charge in [-0.2, -0.15) is 0 Å². The lowest BCUT2D eigenvalue weighted by Crippen LogP contribution is -1.97. The first-order valence-electron chi connectivity index (χ1n) is 5.37. The zero-order valence-electron chi connectivity index (χ0n) is 9.68. The maximum Gasteiger partial charge on any atom is 0.269 e. The molecule has 0 spiro atoms. The molecule has 2 aromatic carbocycles. The zero-order valence-corrected chi connectivity index (χ0v) is 11.2. The van der Waals surface area contributed by atoms with Crippen LogP contribution in [0.5, 0.6) is 5.75 Å². The van der Waals surface area contributed by atoms with E-state index < -0.39 is 4.92 Å². The molecule has 0 N–H and O–H groups in total. The molecule has 4 nitrogen and oxygen atoms in total. The van der Waals surface area contributed by atoms with Crippen molar-refractivity contribution in [2.45, 2.75) is 6.61 Å². The number of nitrogens with zero attached hydrogens (tertiary/aromatic N) is 1. The lowest BCUT2D eigenvalue weighted by Gasteiger charge is -2.08. The van der Waals surface area contributed by atoms with Gasteiger partial charge in [0, 0.05) is 17.2 Å². The topological polar surface area (TPSA) is 52.4 Å². The van der Waals surface area contributed by atoms with Crippen LogP contribution in [0.4, 0.5) is 5.69 Å². The number of non-ortho nitro benzene ring substituents is 1. The van der Waals surface area contributed by atoms with Crippen molar-refractivity contribution in [2.75, 3.05) is 0 Å². The van der Waals surface area contributed by atoms with E-state index in [1.165, 1.54) is 12.1 Å². The lowest BCUT2D eigenvalue weighted by molar-refractivity contribution is -0.384. The number of ether oxygens (including phenoxy) is 1. The van der Waals surface area contributed by atoms with Crippen molar-refractivity contribution in [1.82, 2.24) is 0 Å². The van der Waals surface area contributed by atoms with Gasteiger partial charge in [0.25, 0.3) is 5.69 Å². The molecule has 19 heavy (non-hydrogen) atoms. The van der Waals surface area contributed by atoms with E-state index in [0.29, 0.717) is 21.4 Å². The minimum absolute atomic E-state index is 0.0308. The SMILES string of the molecule is O=[N+]([O-])c1cccc(COc2ccc(Cl)cc2Cl)c1. The van der Waals surface area contributed by atoms with E-state index in [9.17, 15) is 10.1 Å². The molecule has 0 aromatic heterocycles. The van der Waals surface area contributed by atoms with Gasteiger partial charge in [-0.15, -0.1) is 0 Å². The Labute approximate surface area is 119 Å². The predicted octanol–water partition coefficient (Wildman–Crippen LogP) is 4.48. The highest BCUT2D eigenvalue weighted by Crippen LogP contribution is 2.28.